The lowest BCUT2D eigenvalue weighted by atomic mass is 9.99. The van der Waals surface area contributed by atoms with Gasteiger partial charge in [0, 0.05) is 25.2 Å². The van der Waals surface area contributed by atoms with Gasteiger partial charge in [0.15, 0.2) is 0 Å². The first-order chi connectivity index (χ1) is 9.24. The molecule has 1 amide bonds. The molecule has 0 aliphatic carbocycles. The Hall–Kier alpha value is -1.74. The normalized spacial score (nSPS) is 18.8. The van der Waals surface area contributed by atoms with Crippen LogP contribution in [0.4, 0.5) is 0 Å². The van der Waals surface area contributed by atoms with Crippen molar-refractivity contribution in [2.75, 3.05) is 13.1 Å². The second-order valence-corrected chi connectivity index (χ2v) is 5.32. The van der Waals surface area contributed by atoms with Crippen LogP contribution in [0.1, 0.15) is 28.4 Å². The molecule has 19 heavy (non-hydrogen) atoms. The molecule has 1 unspecified atom stereocenters. The Balaban J connectivity index is 1.71. The lowest BCUT2D eigenvalue weighted by Gasteiger charge is -2.15. The van der Waals surface area contributed by atoms with E-state index in [4.69, 9.17) is 11.6 Å². The standard InChI is InChI=1S/C15H15ClN2O/c16-13-8-14(17-9-13)15(19)18-7-6-12(10-18)11-4-2-1-3-5-11/h1-5,8-9,12,17H,6-7,10H2. The van der Waals surface area contributed by atoms with E-state index in [2.05, 4.69) is 17.1 Å². The third-order valence-corrected chi connectivity index (χ3v) is 3.84. The Morgan fingerprint density at radius 2 is 2.11 bits per heavy atom. The zero-order chi connectivity index (χ0) is 13.2. The molecule has 1 aliphatic rings. The van der Waals surface area contributed by atoms with Gasteiger partial charge in [0.25, 0.3) is 5.91 Å². The Labute approximate surface area is 117 Å². The van der Waals surface area contributed by atoms with Crippen molar-refractivity contribution in [1.29, 1.82) is 0 Å². The van der Waals surface area contributed by atoms with Crippen molar-refractivity contribution in [3.05, 3.63) is 58.9 Å². The van der Waals surface area contributed by atoms with Crippen molar-refractivity contribution >= 4 is 17.5 Å². The molecule has 1 atom stereocenters. The van der Waals surface area contributed by atoms with E-state index in [1.165, 1.54) is 5.56 Å². The van der Waals surface area contributed by atoms with Gasteiger partial charge >= 0.3 is 0 Å². The minimum absolute atomic E-state index is 0.0327. The van der Waals surface area contributed by atoms with Crippen molar-refractivity contribution in [2.45, 2.75) is 12.3 Å². The topological polar surface area (TPSA) is 36.1 Å². The van der Waals surface area contributed by atoms with Crippen LogP contribution in [0.3, 0.4) is 0 Å². The van der Waals surface area contributed by atoms with Crippen molar-refractivity contribution in [1.82, 2.24) is 9.88 Å². The van der Waals surface area contributed by atoms with Crippen LogP contribution in [0.15, 0.2) is 42.6 Å². The Morgan fingerprint density at radius 1 is 1.32 bits per heavy atom. The van der Waals surface area contributed by atoms with Crippen LogP contribution < -0.4 is 0 Å². The number of H-pyrrole nitrogens is 1. The van der Waals surface area contributed by atoms with Gasteiger partial charge in [0.1, 0.15) is 5.69 Å². The number of hydrogen-bond donors (Lipinski definition) is 1. The highest BCUT2D eigenvalue weighted by atomic mass is 35.5. The van der Waals surface area contributed by atoms with Gasteiger partial charge in [-0.25, -0.2) is 0 Å². The fraction of sp³-hybridized carbons (Fsp3) is 0.267. The fourth-order valence-electron chi connectivity index (χ4n) is 2.60. The summed E-state index contributed by atoms with van der Waals surface area (Å²) in [6, 6.07) is 12.0. The average Bonchev–Trinajstić information content (AvgIpc) is 3.08. The minimum atomic E-state index is 0.0327. The molecule has 1 saturated heterocycles. The van der Waals surface area contributed by atoms with Gasteiger partial charge in [0.05, 0.1) is 5.02 Å². The summed E-state index contributed by atoms with van der Waals surface area (Å²) < 4.78 is 0. The van der Waals surface area contributed by atoms with Crippen LogP contribution in [-0.2, 0) is 0 Å². The van der Waals surface area contributed by atoms with Crippen LogP contribution in [0, 0.1) is 0 Å². The molecule has 2 heterocycles. The summed E-state index contributed by atoms with van der Waals surface area (Å²) in [7, 11) is 0. The van der Waals surface area contributed by atoms with E-state index in [0.717, 1.165) is 19.5 Å². The summed E-state index contributed by atoms with van der Waals surface area (Å²) in [5.41, 5.74) is 1.88. The SMILES string of the molecule is O=C(c1cc(Cl)c[nH]1)N1CCC(c2ccccc2)C1. The highest BCUT2D eigenvalue weighted by Gasteiger charge is 2.28. The number of halogens is 1. The second-order valence-electron chi connectivity index (χ2n) is 4.88. The van der Waals surface area contributed by atoms with Crippen molar-refractivity contribution in [3.8, 4) is 0 Å². The van der Waals surface area contributed by atoms with Gasteiger partial charge in [-0.05, 0) is 18.1 Å². The number of rotatable bonds is 2. The molecule has 1 N–H and O–H groups in total. The highest BCUT2D eigenvalue weighted by Crippen LogP contribution is 2.28. The number of hydrogen-bond acceptors (Lipinski definition) is 1. The van der Waals surface area contributed by atoms with E-state index < -0.39 is 0 Å². The molecular formula is C15H15ClN2O. The van der Waals surface area contributed by atoms with Gasteiger partial charge in [-0.1, -0.05) is 41.9 Å². The molecular weight excluding hydrogens is 260 g/mol. The van der Waals surface area contributed by atoms with Crippen molar-refractivity contribution in [2.24, 2.45) is 0 Å². The number of carbonyl (C=O) groups is 1. The molecule has 3 nitrogen and oxygen atoms in total. The van der Waals surface area contributed by atoms with Crippen LogP contribution in [0.2, 0.25) is 5.02 Å². The zero-order valence-electron chi connectivity index (χ0n) is 10.5. The van der Waals surface area contributed by atoms with Crippen molar-refractivity contribution in [3.63, 3.8) is 0 Å². The van der Waals surface area contributed by atoms with Gasteiger partial charge in [0.2, 0.25) is 0 Å². The lowest BCUT2D eigenvalue weighted by Crippen LogP contribution is -2.28. The number of aromatic amines is 1. The van der Waals surface area contributed by atoms with E-state index in [-0.39, 0.29) is 5.91 Å². The van der Waals surface area contributed by atoms with Crippen molar-refractivity contribution < 1.29 is 4.79 Å². The molecule has 3 rings (SSSR count). The molecule has 2 aromatic rings. The van der Waals surface area contributed by atoms with Crippen LogP contribution >= 0.6 is 11.6 Å². The molecule has 1 aliphatic heterocycles. The molecule has 4 heteroatoms. The molecule has 1 aromatic carbocycles. The number of nitrogens with zero attached hydrogens (tertiary/aromatic N) is 1. The first-order valence-corrected chi connectivity index (χ1v) is 6.80. The average molecular weight is 275 g/mol. The van der Waals surface area contributed by atoms with E-state index >= 15 is 0 Å². The molecule has 98 valence electrons. The van der Waals surface area contributed by atoms with Gasteiger partial charge < -0.3 is 9.88 Å². The maximum absolute atomic E-state index is 12.3. The van der Waals surface area contributed by atoms with E-state index in [0.29, 0.717) is 16.6 Å². The maximum atomic E-state index is 12.3. The zero-order valence-corrected chi connectivity index (χ0v) is 11.2. The Morgan fingerprint density at radius 3 is 2.79 bits per heavy atom. The van der Waals surface area contributed by atoms with Gasteiger partial charge in [-0.3, -0.25) is 4.79 Å². The lowest BCUT2D eigenvalue weighted by molar-refractivity contribution is 0.0785. The van der Waals surface area contributed by atoms with E-state index in [9.17, 15) is 4.79 Å². The predicted octanol–water partition coefficient (Wildman–Crippen LogP) is 3.30. The number of benzene rings is 1. The van der Waals surface area contributed by atoms with Crippen LogP contribution in [-0.4, -0.2) is 28.9 Å². The summed E-state index contributed by atoms with van der Waals surface area (Å²) in [6.45, 7) is 1.58. The first-order valence-electron chi connectivity index (χ1n) is 6.42. The number of nitrogens with one attached hydrogen (secondary N) is 1. The molecule has 1 aromatic heterocycles. The monoisotopic (exact) mass is 274 g/mol. The summed E-state index contributed by atoms with van der Waals surface area (Å²) >= 11 is 5.83. The molecule has 0 saturated carbocycles. The first kappa shape index (κ1) is 12.3. The Kier molecular flexibility index (Phi) is 3.30. The molecule has 1 fully saturated rings. The second kappa shape index (κ2) is 5.10. The summed E-state index contributed by atoms with van der Waals surface area (Å²) in [4.78, 5) is 17.1. The summed E-state index contributed by atoms with van der Waals surface area (Å²) in [6.07, 6.45) is 2.66. The summed E-state index contributed by atoms with van der Waals surface area (Å²) in [5, 5.41) is 0.571. The number of amides is 1. The molecule has 0 bridgehead atoms. The molecule has 0 spiro atoms. The van der Waals surface area contributed by atoms with Crippen LogP contribution in [0.5, 0.6) is 0 Å². The summed E-state index contributed by atoms with van der Waals surface area (Å²) in [5.74, 6) is 0.473. The maximum Gasteiger partial charge on any atom is 0.270 e. The third kappa shape index (κ3) is 2.51. The number of likely N-dealkylation sites (tertiary alicyclic amines) is 1. The minimum Gasteiger partial charge on any atom is -0.356 e. The number of aromatic nitrogens is 1. The Bertz CT molecular complexity index is 579. The van der Waals surface area contributed by atoms with E-state index in [1.54, 1.807) is 12.3 Å². The van der Waals surface area contributed by atoms with Gasteiger partial charge in [-0.2, -0.15) is 0 Å². The number of carbonyl (C=O) groups excluding carboxylic acids is 1. The largest absolute Gasteiger partial charge is 0.356 e. The highest BCUT2D eigenvalue weighted by molar-refractivity contribution is 6.30. The van der Waals surface area contributed by atoms with Gasteiger partial charge in [-0.15, -0.1) is 0 Å². The molecule has 0 radical (unpaired) electrons. The van der Waals surface area contributed by atoms with E-state index in [1.807, 2.05) is 23.1 Å². The van der Waals surface area contributed by atoms with Crippen LogP contribution in [0.25, 0.3) is 0 Å². The smallest absolute Gasteiger partial charge is 0.270 e. The fourth-order valence-corrected chi connectivity index (χ4v) is 2.77. The third-order valence-electron chi connectivity index (χ3n) is 3.62. The quantitative estimate of drug-likeness (QED) is 0.896. The predicted molar refractivity (Wildman–Crippen MR) is 75.5 cm³/mol.